The zero-order valence-electron chi connectivity index (χ0n) is 22.3. The summed E-state index contributed by atoms with van der Waals surface area (Å²) >= 11 is 0. The Kier molecular flexibility index (Phi) is 9.73. The molecule has 0 aromatic heterocycles. The molecule has 1 atom stereocenters. The summed E-state index contributed by atoms with van der Waals surface area (Å²) in [4.78, 5) is 39.0. The van der Waals surface area contributed by atoms with Gasteiger partial charge in [-0.25, -0.2) is 4.79 Å². The monoisotopic (exact) mass is 528 g/mol. The number of rotatable bonds is 13. The lowest BCUT2D eigenvalue weighted by Crippen LogP contribution is -2.41. The summed E-state index contributed by atoms with van der Waals surface area (Å²) in [6.45, 7) is 2.68. The number of hydrogen-bond acceptors (Lipinski definition) is 4. The fourth-order valence-corrected chi connectivity index (χ4v) is 5.15. The molecule has 7 heteroatoms. The van der Waals surface area contributed by atoms with Crippen LogP contribution in [0.5, 0.6) is 0 Å². The molecule has 1 aliphatic rings. The molecule has 3 aromatic rings. The third-order valence-electron chi connectivity index (χ3n) is 7.16. The molecular formula is C32H36N2O5. The molecule has 0 aliphatic heterocycles. The second-order valence-corrected chi connectivity index (χ2v) is 9.96. The molecule has 2 amide bonds. The molecule has 0 unspecified atom stereocenters. The van der Waals surface area contributed by atoms with Gasteiger partial charge in [-0.15, -0.1) is 0 Å². The molecule has 39 heavy (non-hydrogen) atoms. The van der Waals surface area contributed by atoms with E-state index in [1.807, 2.05) is 54.6 Å². The van der Waals surface area contributed by atoms with Crippen LogP contribution in [0.25, 0.3) is 11.1 Å². The average molecular weight is 529 g/mol. The molecule has 0 fully saturated rings. The smallest absolute Gasteiger partial charge is 0.407 e. The van der Waals surface area contributed by atoms with Crippen LogP contribution in [0.15, 0.2) is 78.9 Å². The van der Waals surface area contributed by atoms with Crippen molar-refractivity contribution >= 4 is 18.0 Å². The van der Waals surface area contributed by atoms with E-state index in [9.17, 15) is 19.5 Å². The number of carbonyl (C=O) groups is 3. The molecule has 0 heterocycles. The number of carboxylic acid groups (broad SMARTS) is 1. The van der Waals surface area contributed by atoms with E-state index in [1.54, 1.807) is 4.90 Å². The fourth-order valence-electron chi connectivity index (χ4n) is 5.15. The first-order valence-electron chi connectivity index (χ1n) is 13.6. The fraction of sp³-hybridized carbons (Fsp3) is 0.344. The number of fused-ring (bicyclic) bond motifs is 3. The Labute approximate surface area is 229 Å². The SMILES string of the molecule is CCCC[C@@H](CC(=O)N(CCC(=O)O)Cc1ccccc1)NC(=O)OCC1c2ccccc2-c2ccccc21. The van der Waals surface area contributed by atoms with Gasteiger partial charge < -0.3 is 20.1 Å². The van der Waals surface area contributed by atoms with Gasteiger partial charge in [0.25, 0.3) is 0 Å². The summed E-state index contributed by atoms with van der Waals surface area (Å²) < 4.78 is 5.71. The van der Waals surface area contributed by atoms with Gasteiger partial charge in [0.1, 0.15) is 6.61 Å². The van der Waals surface area contributed by atoms with E-state index in [-0.39, 0.29) is 37.8 Å². The second kappa shape index (κ2) is 13.6. The Hall–Kier alpha value is -4.13. The topological polar surface area (TPSA) is 95.9 Å². The van der Waals surface area contributed by atoms with Gasteiger partial charge in [0, 0.05) is 31.5 Å². The number of unbranched alkanes of at least 4 members (excludes halogenated alkanes) is 1. The van der Waals surface area contributed by atoms with Crippen LogP contribution in [0.4, 0.5) is 4.79 Å². The van der Waals surface area contributed by atoms with Crippen molar-refractivity contribution in [1.82, 2.24) is 10.2 Å². The molecular weight excluding hydrogens is 492 g/mol. The molecule has 4 rings (SSSR count). The lowest BCUT2D eigenvalue weighted by atomic mass is 9.98. The van der Waals surface area contributed by atoms with Gasteiger partial charge in [0.2, 0.25) is 5.91 Å². The number of carbonyl (C=O) groups excluding carboxylic acids is 2. The molecule has 0 saturated heterocycles. The number of carboxylic acids is 1. The minimum Gasteiger partial charge on any atom is -0.481 e. The number of hydrogen-bond donors (Lipinski definition) is 2. The molecule has 0 bridgehead atoms. The van der Waals surface area contributed by atoms with Gasteiger partial charge in [-0.1, -0.05) is 98.6 Å². The summed E-state index contributed by atoms with van der Waals surface area (Å²) in [5, 5.41) is 12.1. The average Bonchev–Trinajstić information content (AvgIpc) is 3.26. The third kappa shape index (κ3) is 7.47. The number of ether oxygens (including phenoxy) is 1. The predicted molar refractivity (Wildman–Crippen MR) is 150 cm³/mol. The number of nitrogens with zero attached hydrogens (tertiary/aromatic N) is 1. The first-order valence-corrected chi connectivity index (χ1v) is 13.6. The van der Waals surface area contributed by atoms with Crippen molar-refractivity contribution < 1.29 is 24.2 Å². The van der Waals surface area contributed by atoms with Crippen molar-refractivity contribution in [1.29, 1.82) is 0 Å². The zero-order valence-corrected chi connectivity index (χ0v) is 22.3. The van der Waals surface area contributed by atoms with Crippen molar-refractivity contribution in [2.75, 3.05) is 13.2 Å². The Bertz CT molecular complexity index is 1230. The van der Waals surface area contributed by atoms with E-state index in [2.05, 4.69) is 36.5 Å². The molecule has 0 spiro atoms. The highest BCUT2D eigenvalue weighted by Crippen LogP contribution is 2.44. The van der Waals surface area contributed by atoms with Gasteiger partial charge in [-0.05, 0) is 34.2 Å². The quantitative estimate of drug-likeness (QED) is 0.285. The summed E-state index contributed by atoms with van der Waals surface area (Å²) in [5.74, 6) is -1.20. The standard InChI is InChI=1S/C32H36N2O5/c1-2-3-13-24(20-30(35)34(19-18-31(36)37)21-23-11-5-4-6-12-23)33-32(38)39-22-29-27-16-9-7-14-25(27)26-15-8-10-17-28(26)29/h4-12,14-17,24,29H,2-3,13,18-22H2,1H3,(H,33,38)(H,36,37)/t24-/m0/s1. The molecule has 1 aliphatic carbocycles. The predicted octanol–water partition coefficient (Wildman–Crippen LogP) is 5.98. The van der Waals surface area contributed by atoms with Gasteiger partial charge in [-0.2, -0.15) is 0 Å². The van der Waals surface area contributed by atoms with Crippen LogP contribution in [0, 0.1) is 0 Å². The summed E-state index contributed by atoms with van der Waals surface area (Å²) in [5.41, 5.74) is 5.52. The van der Waals surface area contributed by atoms with Crippen LogP contribution in [0.2, 0.25) is 0 Å². The number of nitrogens with one attached hydrogen (secondary N) is 1. The molecule has 7 nitrogen and oxygen atoms in total. The van der Waals surface area contributed by atoms with E-state index >= 15 is 0 Å². The maximum atomic E-state index is 13.3. The Morgan fingerprint density at radius 3 is 2.15 bits per heavy atom. The van der Waals surface area contributed by atoms with Crippen LogP contribution < -0.4 is 5.32 Å². The van der Waals surface area contributed by atoms with Crippen LogP contribution in [-0.4, -0.2) is 47.2 Å². The van der Waals surface area contributed by atoms with E-state index in [0.29, 0.717) is 13.0 Å². The first-order chi connectivity index (χ1) is 19.0. The molecule has 0 radical (unpaired) electrons. The van der Waals surface area contributed by atoms with Crippen molar-refractivity contribution in [3.63, 3.8) is 0 Å². The van der Waals surface area contributed by atoms with Gasteiger partial charge in [0.15, 0.2) is 0 Å². The second-order valence-electron chi connectivity index (χ2n) is 9.96. The number of benzene rings is 3. The lowest BCUT2D eigenvalue weighted by Gasteiger charge is -2.26. The van der Waals surface area contributed by atoms with E-state index < -0.39 is 18.1 Å². The minimum atomic E-state index is -0.958. The molecule has 2 N–H and O–H groups in total. The van der Waals surface area contributed by atoms with Crippen molar-refractivity contribution in [3.05, 3.63) is 95.6 Å². The Morgan fingerprint density at radius 1 is 0.923 bits per heavy atom. The third-order valence-corrected chi connectivity index (χ3v) is 7.16. The number of alkyl carbamates (subject to hydrolysis) is 1. The molecule has 3 aromatic carbocycles. The molecule has 0 saturated carbocycles. The summed E-state index contributed by atoms with van der Waals surface area (Å²) in [6.07, 6.45) is 1.78. The van der Waals surface area contributed by atoms with Crippen LogP contribution in [-0.2, 0) is 20.9 Å². The van der Waals surface area contributed by atoms with E-state index in [4.69, 9.17) is 4.74 Å². The van der Waals surface area contributed by atoms with Crippen molar-refractivity contribution in [2.24, 2.45) is 0 Å². The lowest BCUT2D eigenvalue weighted by molar-refractivity contribution is -0.138. The van der Waals surface area contributed by atoms with Gasteiger partial charge in [0.05, 0.1) is 6.42 Å². The van der Waals surface area contributed by atoms with E-state index in [1.165, 1.54) is 0 Å². The highest BCUT2D eigenvalue weighted by atomic mass is 16.5. The summed E-state index contributed by atoms with van der Waals surface area (Å²) in [7, 11) is 0. The van der Waals surface area contributed by atoms with Crippen molar-refractivity contribution in [3.8, 4) is 11.1 Å². The van der Waals surface area contributed by atoms with Gasteiger partial charge in [-0.3, -0.25) is 9.59 Å². The number of amides is 2. The van der Waals surface area contributed by atoms with Crippen LogP contribution >= 0.6 is 0 Å². The maximum absolute atomic E-state index is 13.3. The Morgan fingerprint density at radius 2 is 1.54 bits per heavy atom. The van der Waals surface area contributed by atoms with Crippen molar-refractivity contribution in [2.45, 2.75) is 57.5 Å². The largest absolute Gasteiger partial charge is 0.481 e. The Balaban J connectivity index is 1.39. The normalized spacial score (nSPS) is 12.7. The first kappa shape index (κ1) is 27.9. The zero-order chi connectivity index (χ0) is 27.6. The van der Waals surface area contributed by atoms with E-state index in [0.717, 1.165) is 40.7 Å². The molecule has 204 valence electrons. The van der Waals surface area contributed by atoms with Crippen LogP contribution in [0.3, 0.4) is 0 Å². The maximum Gasteiger partial charge on any atom is 0.407 e. The summed E-state index contributed by atoms with van der Waals surface area (Å²) in [6, 6.07) is 25.4. The highest BCUT2D eigenvalue weighted by Gasteiger charge is 2.29. The van der Waals surface area contributed by atoms with Crippen LogP contribution in [0.1, 0.15) is 61.6 Å². The van der Waals surface area contributed by atoms with Gasteiger partial charge >= 0.3 is 12.1 Å². The minimum absolute atomic E-state index is 0.0451. The highest BCUT2D eigenvalue weighted by molar-refractivity contribution is 5.80. The number of aliphatic carboxylic acids is 1.